The molecular formula is C14H26N2O3. The third kappa shape index (κ3) is 4.73. The van der Waals surface area contributed by atoms with Crippen molar-refractivity contribution in [3.05, 3.63) is 0 Å². The maximum absolute atomic E-state index is 12.5. The topological polar surface area (TPSA) is 60.9 Å². The minimum Gasteiger partial charge on any atom is -0.480 e. The van der Waals surface area contributed by atoms with E-state index < -0.39 is 5.97 Å². The molecule has 1 aliphatic rings. The van der Waals surface area contributed by atoms with Gasteiger partial charge in [0.15, 0.2) is 0 Å². The lowest BCUT2D eigenvalue weighted by atomic mass is 9.98. The van der Waals surface area contributed by atoms with Gasteiger partial charge < -0.3 is 14.9 Å². The van der Waals surface area contributed by atoms with Crippen LogP contribution in [-0.2, 0) is 4.79 Å². The van der Waals surface area contributed by atoms with Crippen LogP contribution >= 0.6 is 0 Å². The molecule has 0 aromatic rings. The van der Waals surface area contributed by atoms with Crippen molar-refractivity contribution in [1.29, 1.82) is 0 Å². The molecular weight excluding hydrogens is 244 g/mol. The second kappa shape index (κ2) is 8.02. The first kappa shape index (κ1) is 15.8. The molecule has 1 aliphatic heterocycles. The summed E-state index contributed by atoms with van der Waals surface area (Å²) in [6, 6.07) is 0.196. The number of carboxylic acid groups (broad SMARTS) is 1. The first-order valence-corrected chi connectivity index (χ1v) is 7.37. The minimum atomic E-state index is -0.939. The maximum Gasteiger partial charge on any atom is 0.323 e. The summed E-state index contributed by atoms with van der Waals surface area (Å²) < 4.78 is 0. The van der Waals surface area contributed by atoms with Crippen molar-refractivity contribution in [2.45, 2.75) is 58.4 Å². The van der Waals surface area contributed by atoms with Crippen LogP contribution in [0.15, 0.2) is 0 Å². The van der Waals surface area contributed by atoms with Gasteiger partial charge in [-0.2, -0.15) is 0 Å². The molecule has 1 N–H and O–H groups in total. The van der Waals surface area contributed by atoms with Gasteiger partial charge in [-0.3, -0.25) is 4.79 Å². The number of likely N-dealkylation sites (tertiary alicyclic amines) is 1. The van der Waals surface area contributed by atoms with E-state index in [0.29, 0.717) is 12.6 Å². The number of nitrogens with zero attached hydrogens (tertiary/aromatic N) is 2. The van der Waals surface area contributed by atoms with E-state index in [2.05, 4.69) is 6.92 Å². The molecule has 5 nitrogen and oxygen atoms in total. The van der Waals surface area contributed by atoms with Crippen LogP contribution in [0.1, 0.15) is 52.4 Å². The lowest BCUT2D eigenvalue weighted by Crippen LogP contribution is -2.51. The molecule has 0 aromatic carbocycles. The molecule has 0 spiro atoms. The highest BCUT2D eigenvalue weighted by molar-refractivity contribution is 5.80. The van der Waals surface area contributed by atoms with Gasteiger partial charge in [-0.1, -0.05) is 20.3 Å². The molecule has 5 heteroatoms. The SMILES string of the molecule is CCCC1CCCCN1C(=O)N(CCC)CC(=O)O. The molecule has 0 aliphatic carbocycles. The summed E-state index contributed by atoms with van der Waals surface area (Å²) in [6.07, 6.45) is 6.10. The van der Waals surface area contributed by atoms with Gasteiger partial charge in [0.2, 0.25) is 0 Å². The number of piperidine rings is 1. The van der Waals surface area contributed by atoms with Crippen molar-refractivity contribution >= 4 is 12.0 Å². The van der Waals surface area contributed by atoms with Gasteiger partial charge in [0.25, 0.3) is 0 Å². The van der Waals surface area contributed by atoms with Crippen LogP contribution in [0.25, 0.3) is 0 Å². The van der Waals surface area contributed by atoms with E-state index in [0.717, 1.165) is 38.6 Å². The molecule has 0 radical (unpaired) electrons. The van der Waals surface area contributed by atoms with Crippen molar-refractivity contribution in [1.82, 2.24) is 9.80 Å². The zero-order valence-corrected chi connectivity index (χ0v) is 12.1. The van der Waals surface area contributed by atoms with Crippen LogP contribution in [0.4, 0.5) is 4.79 Å². The van der Waals surface area contributed by atoms with Crippen molar-refractivity contribution in [2.24, 2.45) is 0 Å². The van der Waals surface area contributed by atoms with E-state index in [4.69, 9.17) is 5.11 Å². The van der Waals surface area contributed by atoms with Gasteiger partial charge in [0.1, 0.15) is 6.54 Å². The number of rotatable bonds is 6. The second-order valence-corrected chi connectivity index (χ2v) is 5.23. The fourth-order valence-corrected chi connectivity index (χ4v) is 2.74. The molecule has 0 bridgehead atoms. The maximum atomic E-state index is 12.5. The number of amides is 2. The molecule has 1 saturated heterocycles. The normalized spacial score (nSPS) is 19.3. The fourth-order valence-electron chi connectivity index (χ4n) is 2.74. The Labute approximate surface area is 115 Å². The second-order valence-electron chi connectivity index (χ2n) is 5.23. The standard InChI is InChI=1S/C14H26N2O3/c1-3-7-12-8-5-6-10-16(12)14(19)15(9-4-2)11-13(17)18/h12H,3-11H2,1-2H3,(H,17,18). The number of carboxylic acids is 1. The molecule has 19 heavy (non-hydrogen) atoms. The van der Waals surface area contributed by atoms with E-state index in [9.17, 15) is 9.59 Å². The minimum absolute atomic E-state index is 0.0950. The number of carbonyl (C=O) groups is 2. The highest BCUT2D eigenvalue weighted by atomic mass is 16.4. The van der Waals surface area contributed by atoms with Gasteiger partial charge >= 0.3 is 12.0 Å². The van der Waals surface area contributed by atoms with Crippen LogP contribution in [-0.4, -0.2) is 52.6 Å². The average molecular weight is 270 g/mol. The van der Waals surface area contributed by atoms with E-state index in [1.54, 1.807) is 0 Å². The number of aliphatic carboxylic acids is 1. The predicted octanol–water partition coefficient (Wildman–Crippen LogP) is 2.56. The van der Waals surface area contributed by atoms with Crippen LogP contribution in [0.5, 0.6) is 0 Å². The molecule has 0 saturated carbocycles. The number of hydrogen-bond acceptors (Lipinski definition) is 2. The summed E-state index contributed by atoms with van der Waals surface area (Å²) in [5.41, 5.74) is 0. The largest absolute Gasteiger partial charge is 0.480 e. The highest BCUT2D eigenvalue weighted by Crippen LogP contribution is 2.22. The van der Waals surface area contributed by atoms with Crippen LogP contribution < -0.4 is 0 Å². The first-order chi connectivity index (χ1) is 9.10. The van der Waals surface area contributed by atoms with Crippen LogP contribution in [0.3, 0.4) is 0 Å². The Morgan fingerprint density at radius 3 is 2.58 bits per heavy atom. The predicted molar refractivity (Wildman–Crippen MR) is 74.1 cm³/mol. The van der Waals surface area contributed by atoms with Gasteiger partial charge in [0, 0.05) is 19.1 Å². The molecule has 0 aromatic heterocycles. The Bertz CT molecular complexity index is 305. The van der Waals surface area contributed by atoms with E-state index in [1.165, 1.54) is 11.3 Å². The van der Waals surface area contributed by atoms with E-state index in [-0.39, 0.29) is 12.6 Å². The van der Waals surface area contributed by atoms with Gasteiger partial charge in [0.05, 0.1) is 0 Å². The molecule has 1 heterocycles. The lowest BCUT2D eigenvalue weighted by molar-refractivity contribution is -0.137. The van der Waals surface area contributed by atoms with Crippen molar-refractivity contribution in [2.75, 3.05) is 19.6 Å². The Morgan fingerprint density at radius 1 is 1.26 bits per heavy atom. The lowest BCUT2D eigenvalue weighted by Gasteiger charge is -2.38. The van der Waals surface area contributed by atoms with Gasteiger partial charge in [-0.25, -0.2) is 4.79 Å². The van der Waals surface area contributed by atoms with E-state index in [1.807, 2.05) is 11.8 Å². The van der Waals surface area contributed by atoms with Crippen molar-refractivity contribution in [3.63, 3.8) is 0 Å². The highest BCUT2D eigenvalue weighted by Gasteiger charge is 2.29. The quantitative estimate of drug-likeness (QED) is 0.807. The zero-order chi connectivity index (χ0) is 14.3. The molecule has 1 atom stereocenters. The smallest absolute Gasteiger partial charge is 0.323 e. The van der Waals surface area contributed by atoms with E-state index >= 15 is 0 Å². The van der Waals surface area contributed by atoms with Gasteiger partial charge in [-0.15, -0.1) is 0 Å². The third-order valence-corrected chi connectivity index (χ3v) is 3.58. The first-order valence-electron chi connectivity index (χ1n) is 7.37. The van der Waals surface area contributed by atoms with Crippen molar-refractivity contribution < 1.29 is 14.7 Å². The number of hydrogen-bond donors (Lipinski definition) is 1. The molecule has 110 valence electrons. The van der Waals surface area contributed by atoms with Crippen LogP contribution in [0.2, 0.25) is 0 Å². The summed E-state index contributed by atoms with van der Waals surface area (Å²) in [5, 5.41) is 8.91. The van der Waals surface area contributed by atoms with Crippen LogP contribution in [0, 0.1) is 0 Å². The third-order valence-electron chi connectivity index (χ3n) is 3.58. The zero-order valence-electron chi connectivity index (χ0n) is 12.1. The summed E-state index contributed by atoms with van der Waals surface area (Å²) in [7, 11) is 0. The summed E-state index contributed by atoms with van der Waals surface area (Å²) in [5.74, 6) is -0.939. The molecule has 1 unspecified atom stereocenters. The van der Waals surface area contributed by atoms with Gasteiger partial charge in [-0.05, 0) is 32.1 Å². The molecule has 2 amide bonds. The molecule has 1 fully saturated rings. The summed E-state index contributed by atoms with van der Waals surface area (Å²) in [4.78, 5) is 26.7. The number of urea groups is 1. The number of carbonyl (C=O) groups excluding carboxylic acids is 1. The Balaban J connectivity index is 2.71. The Morgan fingerprint density at radius 2 is 2.00 bits per heavy atom. The Hall–Kier alpha value is -1.26. The average Bonchev–Trinajstić information content (AvgIpc) is 2.38. The summed E-state index contributed by atoms with van der Waals surface area (Å²) >= 11 is 0. The summed E-state index contributed by atoms with van der Waals surface area (Å²) in [6.45, 7) is 5.17. The Kier molecular flexibility index (Phi) is 6.67. The fraction of sp³-hybridized carbons (Fsp3) is 0.857. The monoisotopic (exact) mass is 270 g/mol. The molecule has 1 rings (SSSR count). The van der Waals surface area contributed by atoms with Crippen molar-refractivity contribution in [3.8, 4) is 0 Å².